The first kappa shape index (κ1) is 63.2. The Balaban J connectivity index is 0.940. The molecular weight excluding hydrogens is 1180 g/mol. The Morgan fingerprint density at radius 2 is 0.559 bits per heavy atom. The average Bonchev–Trinajstić information content (AvgIpc) is 1.63. The van der Waals surface area contributed by atoms with Crippen molar-refractivity contribution in [2.24, 2.45) is 0 Å². The molecule has 10 aromatic carbocycles. The number of benzene rings is 10. The molecule has 472 valence electrons. The SMILES string of the molecule is CCC1(CC)c2cc(-c3cc(C(C)(C)C)cc4c3-c3ccc(C(C)(C)C)cc3C4(C)C)ccc2-c2cc[c]([Ge]([c]3ccccc3)([c]3ccccc3)[c]3ccc4c(c3)C(CC)(CC)c3cc(-c5cc(C(C)(C)C)cc6c5-c5ccc(C(C)(C)C)cc5C6(C)C)ccc3-4)cc21. The van der Waals surface area contributed by atoms with Crippen LogP contribution in [0.2, 0.25) is 0 Å². The summed E-state index contributed by atoms with van der Waals surface area (Å²) in [7, 11) is 0. The number of hydrogen-bond acceptors (Lipinski definition) is 0. The van der Waals surface area contributed by atoms with Gasteiger partial charge in [0.1, 0.15) is 0 Å². The van der Waals surface area contributed by atoms with E-state index in [0.717, 1.165) is 25.7 Å². The van der Waals surface area contributed by atoms with Gasteiger partial charge in [0.2, 0.25) is 0 Å². The van der Waals surface area contributed by atoms with Crippen molar-refractivity contribution in [3.8, 4) is 66.8 Å². The molecule has 0 nitrogen and oxygen atoms in total. The van der Waals surface area contributed by atoms with Gasteiger partial charge in [0, 0.05) is 0 Å². The zero-order valence-corrected chi connectivity index (χ0v) is 61.9. The number of hydrogen-bond donors (Lipinski definition) is 0. The predicted octanol–water partition coefficient (Wildman–Crippen LogP) is 22.4. The molecule has 0 bridgehead atoms. The summed E-state index contributed by atoms with van der Waals surface area (Å²) in [6, 6.07) is 79.7. The van der Waals surface area contributed by atoms with Crippen LogP contribution in [0, 0.1) is 0 Å². The fraction of sp³-hybridized carbons (Fsp3) is 0.348. The quantitative estimate of drug-likeness (QED) is 0.120. The van der Waals surface area contributed by atoms with Crippen LogP contribution in [0.4, 0.5) is 0 Å². The Kier molecular flexibility index (Phi) is 14.5. The molecule has 0 aliphatic heterocycles. The molecule has 4 aliphatic carbocycles. The molecule has 10 aromatic rings. The summed E-state index contributed by atoms with van der Waals surface area (Å²) in [5.41, 5.74) is 33.3. The molecule has 1 heteroatoms. The van der Waals surface area contributed by atoms with Crippen LogP contribution in [-0.2, 0) is 43.3 Å². The van der Waals surface area contributed by atoms with E-state index in [0.29, 0.717) is 0 Å². The Labute approximate surface area is 562 Å². The molecule has 0 heterocycles. The molecule has 0 unspecified atom stereocenters. The fourth-order valence-electron chi connectivity index (χ4n) is 18.1. The summed E-state index contributed by atoms with van der Waals surface area (Å²) in [6.45, 7) is 48.1. The van der Waals surface area contributed by atoms with Crippen LogP contribution >= 0.6 is 0 Å². The van der Waals surface area contributed by atoms with E-state index in [4.69, 9.17) is 0 Å². The van der Waals surface area contributed by atoms with E-state index in [-0.39, 0.29) is 43.3 Å². The van der Waals surface area contributed by atoms with Crippen molar-refractivity contribution in [2.45, 2.75) is 207 Å². The molecular formula is C92H100Ge. The van der Waals surface area contributed by atoms with Gasteiger partial charge in [0.25, 0.3) is 0 Å². The van der Waals surface area contributed by atoms with Crippen LogP contribution in [0.25, 0.3) is 66.8 Å². The molecule has 0 saturated heterocycles. The summed E-state index contributed by atoms with van der Waals surface area (Å²) in [4.78, 5) is 0. The van der Waals surface area contributed by atoms with E-state index in [9.17, 15) is 0 Å². The molecule has 0 aromatic heterocycles. The van der Waals surface area contributed by atoms with E-state index in [2.05, 4.69) is 333 Å². The predicted molar refractivity (Wildman–Crippen MR) is 404 cm³/mol. The summed E-state index contributed by atoms with van der Waals surface area (Å²) in [6.07, 6.45) is 4.05. The average molecular weight is 1280 g/mol. The molecule has 0 spiro atoms. The van der Waals surface area contributed by atoms with Crippen LogP contribution in [-0.4, -0.2) is 13.3 Å². The van der Waals surface area contributed by atoms with Crippen LogP contribution in [0.3, 0.4) is 0 Å². The molecule has 0 fully saturated rings. The van der Waals surface area contributed by atoms with Crippen molar-refractivity contribution in [3.05, 3.63) is 261 Å². The van der Waals surface area contributed by atoms with Crippen LogP contribution in [0.15, 0.2) is 194 Å². The fourth-order valence-corrected chi connectivity index (χ4v) is 28.2. The van der Waals surface area contributed by atoms with Gasteiger partial charge in [-0.25, -0.2) is 0 Å². The van der Waals surface area contributed by atoms with E-state index < -0.39 is 13.3 Å². The minimum absolute atomic E-state index is 0.0240. The maximum atomic E-state index is 2.76. The molecule has 93 heavy (non-hydrogen) atoms. The van der Waals surface area contributed by atoms with Gasteiger partial charge in [-0.15, -0.1) is 0 Å². The van der Waals surface area contributed by atoms with Gasteiger partial charge in [-0.1, -0.05) is 41.5 Å². The summed E-state index contributed by atoms with van der Waals surface area (Å²) < 4.78 is 5.92. The van der Waals surface area contributed by atoms with Crippen molar-refractivity contribution in [2.75, 3.05) is 0 Å². The Bertz CT molecular complexity index is 4370. The molecule has 0 atom stereocenters. The first-order chi connectivity index (χ1) is 43.9. The molecule has 14 rings (SSSR count). The summed E-state index contributed by atoms with van der Waals surface area (Å²) >= 11 is -3.95. The molecule has 0 N–H and O–H groups in total. The summed E-state index contributed by atoms with van der Waals surface area (Å²) in [5.74, 6) is 0. The van der Waals surface area contributed by atoms with Gasteiger partial charge in [0.05, 0.1) is 0 Å². The molecule has 4 aliphatic rings. The normalized spacial score (nSPS) is 16.0. The van der Waals surface area contributed by atoms with Crippen molar-refractivity contribution < 1.29 is 0 Å². The Morgan fingerprint density at radius 3 is 0.882 bits per heavy atom. The van der Waals surface area contributed by atoms with Crippen molar-refractivity contribution in [1.29, 1.82) is 0 Å². The topological polar surface area (TPSA) is 0 Å². The second kappa shape index (κ2) is 21.4. The van der Waals surface area contributed by atoms with Gasteiger partial charge in [-0.2, -0.15) is 0 Å². The minimum atomic E-state index is -3.95. The first-order valence-corrected chi connectivity index (χ1v) is 39.5. The zero-order chi connectivity index (χ0) is 66.1. The third kappa shape index (κ3) is 9.23. The van der Waals surface area contributed by atoms with Crippen LogP contribution in [0.5, 0.6) is 0 Å². The van der Waals surface area contributed by atoms with E-state index in [1.165, 1.54) is 151 Å². The Morgan fingerprint density at radius 1 is 0.258 bits per heavy atom. The van der Waals surface area contributed by atoms with Crippen LogP contribution in [0.1, 0.15) is 231 Å². The van der Waals surface area contributed by atoms with Gasteiger partial charge in [-0.3, -0.25) is 0 Å². The molecule has 0 radical (unpaired) electrons. The first-order valence-electron chi connectivity index (χ1n) is 35.3. The zero-order valence-electron chi connectivity index (χ0n) is 59.8. The maximum absolute atomic E-state index is 3.95. The van der Waals surface area contributed by atoms with Crippen molar-refractivity contribution in [1.82, 2.24) is 0 Å². The van der Waals surface area contributed by atoms with E-state index in [1.54, 1.807) is 0 Å². The third-order valence-electron chi connectivity index (χ3n) is 24.0. The monoisotopic (exact) mass is 1280 g/mol. The molecule has 0 saturated carbocycles. The second-order valence-corrected chi connectivity index (χ2v) is 41.8. The number of fused-ring (bicyclic) bond motifs is 12. The van der Waals surface area contributed by atoms with E-state index >= 15 is 0 Å². The standard InChI is InChI=1S/C92H100Ge/c1-21-91(22-2)77-47-57(73-49-61(87(11,12)13)53-81-83(73)71-43-37-59(85(5,6)7)51-75(71)89(81,17)18)35-41-67(77)69-45-39-65(55-79(69)91)93(63-31-27-25-28-32-63,64-33-29-26-30-34-64)66-40-46-70-68-42-36-58(48-78(68)92(23-3,24-4)80(70)56-66)74-50-62(88(14,15)16)54-82-84(74)72-44-38-60(86(8,9)10)52-76(72)90(82,19)20/h25-56H,21-24H2,1-20H3. The van der Waals surface area contributed by atoms with Gasteiger partial charge in [0.15, 0.2) is 0 Å². The van der Waals surface area contributed by atoms with E-state index in [1.807, 2.05) is 0 Å². The van der Waals surface area contributed by atoms with Crippen LogP contribution < -0.4 is 17.6 Å². The third-order valence-corrected chi connectivity index (χ3v) is 34.0. The van der Waals surface area contributed by atoms with Gasteiger partial charge >= 0.3 is 502 Å². The van der Waals surface area contributed by atoms with Gasteiger partial charge in [-0.05, 0) is 22.0 Å². The van der Waals surface area contributed by atoms with Crippen molar-refractivity contribution >= 4 is 30.8 Å². The second-order valence-electron chi connectivity index (χ2n) is 33.8. The Hall–Kier alpha value is -7.26. The number of rotatable bonds is 10. The van der Waals surface area contributed by atoms with Gasteiger partial charge < -0.3 is 0 Å². The molecule has 0 amide bonds. The summed E-state index contributed by atoms with van der Waals surface area (Å²) in [5, 5.41) is 0. The van der Waals surface area contributed by atoms with Crippen molar-refractivity contribution in [3.63, 3.8) is 0 Å².